The summed E-state index contributed by atoms with van der Waals surface area (Å²) >= 11 is 0. The Hall–Kier alpha value is -4.78. The number of aromatic amines is 1. The molecule has 0 aliphatic carbocycles. The van der Waals surface area contributed by atoms with Crippen LogP contribution in [-0.4, -0.2) is 41.2 Å². The molecule has 0 unspecified atom stereocenters. The summed E-state index contributed by atoms with van der Waals surface area (Å²) in [6.07, 6.45) is 5.87. The predicted octanol–water partition coefficient (Wildman–Crippen LogP) is 4.51. The van der Waals surface area contributed by atoms with Crippen molar-refractivity contribution in [3.05, 3.63) is 95.8 Å². The number of carbonyl (C=O) groups excluding carboxylic acids is 1. The molecule has 0 radical (unpaired) electrons. The van der Waals surface area contributed by atoms with Crippen LogP contribution in [0.4, 0.5) is 24.8 Å². The highest BCUT2D eigenvalue weighted by Crippen LogP contribution is 2.30. The van der Waals surface area contributed by atoms with Gasteiger partial charge in [0.15, 0.2) is 5.82 Å². The van der Waals surface area contributed by atoms with Gasteiger partial charge in [0, 0.05) is 53.9 Å². The molecule has 0 spiro atoms. The first-order valence-electron chi connectivity index (χ1n) is 11.0. The molecule has 2 aromatic carbocycles. The van der Waals surface area contributed by atoms with Crippen molar-refractivity contribution in [2.45, 2.75) is 4.90 Å². The molecule has 0 amide bonds. The number of pyridine rings is 1. The molecule has 0 saturated carbocycles. The van der Waals surface area contributed by atoms with Gasteiger partial charge < -0.3 is 10.3 Å². The van der Waals surface area contributed by atoms with Crippen LogP contribution < -0.4 is 10.0 Å². The average molecular weight is 539 g/mol. The number of nitrogens with one attached hydrogen (secondary N) is 3. The van der Waals surface area contributed by atoms with E-state index in [2.05, 4.69) is 25.3 Å². The third kappa shape index (κ3) is 4.54. The van der Waals surface area contributed by atoms with Gasteiger partial charge in [-0.3, -0.25) is 9.52 Å². The normalized spacial score (nSPS) is 11.5. The minimum Gasteiger partial charge on any atom is -0.357 e. The van der Waals surface area contributed by atoms with Crippen LogP contribution >= 0.6 is 0 Å². The largest absolute Gasteiger partial charge is 0.357 e. The van der Waals surface area contributed by atoms with Crippen LogP contribution in [0.5, 0.6) is 0 Å². The zero-order valence-corrected chi connectivity index (χ0v) is 20.3. The predicted molar refractivity (Wildman–Crippen MR) is 134 cm³/mol. The quantitative estimate of drug-likeness (QED) is 0.260. The summed E-state index contributed by atoms with van der Waals surface area (Å²) in [5.74, 6) is -4.08. The zero-order valence-electron chi connectivity index (χ0n) is 19.5. The Kier molecular flexibility index (Phi) is 6.28. The average Bonchev–Trinajstić information content (AvgIpc) is 3.34. The van der Waals surface area contributed by atoms with Crippen LogP contribution in [0.1, 0.15) is 15.9 Å². The molecule has 3 N–H and O–H groups in total. The number of hydrogen-bond acceptors (Lipinski definition) is 7. The summed E-state index contributed by atoms with van der Waals surface area (Å²) in [6.45, 7) is 0. The highest BCUT2D eigenvalue weighted by molar-refractivity contribution is 7.92. The van der Waals surface area contributed by atoms with Gasteiger partial charge >= 0.3 is 0 Å². The van der Waals surface area contributed by atoms with Crippen LogP contribution in [0.3, 0.4) is 0 Å². The Morgan fingerprint density at radius 2 is 1.68 bits per heavy atom. The van der Waals surface area contributed by atoms with Crippen molar-refractivity contribution >= 4 is 38.5 Å². The molecular weight excluding hydrogens is 521 g/mol. The van der Waals surface area contributed by atoms with E-state index in [1.54, 1.807) is 25.5 Å². The van der Waals surface area contributed by atoms with Crippen molar-refractivity contribution in [3.8, 4) is 11.1 Å². The minimum atomic E-state index is -4.44. The number of halogens is 3. The van der Waals surface area contributed by atoms with E-state index in [0.29, 0.717) is 17.1 Å². The lowest BCUT2D eigenvalue weighted by molar-refractivity contribution is 0.103. The molecule has 3 aromatic heterocycles. The fraction of sp³-hybridized carbons (Fsp3) is 0.0400. The van der Waals surface area contributed by atoms with Crippen molar-refractivity contribution in [2.24, 2.45) is 0 Å². The van der Waals surface area contributed by atoms with Gasteiger partial charge in [0.2, 0.25) is 11.7 Å². The number of aromatic nitrogens is 4. The number of rotatable bonds is 7. The molecule has 0 fully saturated rings. The molecule has 5 rings (SSSR count). The van der Waals surface area contributed by atoms with E-state index in [-0.39, 0.29) is 16.6 Å². The van der Waals surface area contributed by atoms with Crippen molar-refractivity contribution in [1.82, 2.24) is 19.9 Å². The van der Waals surface area contributed by atoms with Crippen LogP contribution in [0.2, 0.25) is 0 Å². The SMILES string of the molecule is CNc1ncc(-c2cnc3[nH]cc(C(=O)c4c(F)ccc(NS(=O)(=O)c5cccc(F)c5)c4F)c3c2)cn1. The standard InChI is InChI=1S/C25H17F3N6O3S/c1-29-25-32-10-14(11-33-25)13-7-17-18(12-31-24(17)30-9-13)23(35)21-19(27)5-6-20(22(21)28)34-38(36,37)16-4-2-3-15(26)8-16/h2-12,34H,1H3,(H,30,31)(H,29,32,33). The Balaban J connectivity index is 1.53. The van der Waals surface area contributed by atoms with Gasteiger partial charge in [-0.2, -0.15) is 0 Å². The lowest BCUT2D eigenvalue weighted by Gasteiger charge is -2.12. The smallest absolute Gasteiger partial charge is 0.262 e. The molecule has 192 valence electrons. The fourth-order valence-electron chi connectivity index (χ4n) is 3.77. The molecule has 0 saturated heterocycles. The molecule has 5 aromatic rings. The number of ketones is 1. The van der Waals surface area contributed by atoms with Gasteiger partial charge in [0.05, 0.1) is 16.1 Å². The molecule has 0 atom stereocenters. The van der Waals surface area contributed by atoms with E-state index in [0.717, 1.165) is 30.3 Å². The Morgan fingerprint density at radius 3 is 2.39 bits per heavy atom. The Morgan fingerprint density at radius 1 is 0.947 bits per heavy atom. The van der Waals surface area contributed by atoms with Gasteiger partial charge in [-0.15, -0.1) is 0 Å². The van der Waals surface area contributed by atoms with Crippen molar-refractivity contribution in [1.29, 1.82) is 0 Å². The van der Waals surface area contributed by atoms with E-state index in [4.69, 9.17) is 0 Å². The molecule has 0 bridgehead atoms. The third-order valence-electron chi connectivity index (χ3n) is 5.65. The second-order valence-corrected chi connectivity index (χ2v) is 9.73. The number of sulfonamides is 1. The Bertz CT molecular complexity index is 1810. The van der Waals surface area contributed by atoms with Gasteiger partial charge in [-0.1, -0.05) is 6.07 Å². The maximum atomic E-state index is 15.4. The topological polar surface area (TPSA) is 130 Å². The first-order valence-corrected chi connectivity index (χ1v) is 12.4. The number of fused-ring (bicyclic) bond motifs is 1. The van der Waals surface area contributed by atoms with E-state index in [1.165, 1.54) is 18.5 Å². The van der Waals surface area contributed by atoms with Gasteiger partial charge in [-0.05, 0) is 36.4 Å². The van der Waals surface area contributed by atoms with Crippen LogP contribution in [0.25, 0.3) is 22.2 Å². The summed E-state index contributed by atoms with van der Waals surface area (Å²) in [5, 5.41) is 3.07. The summed E-state index contributed by atoms with van der Waals surface area (Å²) in [4.78, 5) is 28.2. The van der Waals surface area contributed by atoms with Gasteiger partial charge in [0.1, 0.15) is 17.3 Å². The first kappa shape index (κ1) is 24.9. The molecule has 38 heavy (non-hydrogen) atoms. The summed E-state index contributed by atoms with van der Waals surface area (Å²) in [5.41, 5.74) is -0.328. The first-order chi connectivity index (χ1) is 18.2. The maximum absolute atomic E-state index is 15.4. The summed E-state index contributed by atoms with van der Waals surface area (Å²) < 4.78 is 70.9. The molecule has 0 aliphatic heterocycles. The number of carbonyl (C=O) groups is 1. The molecular formula is C25H17F3N6O3S. The molecule has 3 heterocycles. The van der Waals surface area contributed by atoms with E-state index < -0.39 is 49.4 Å². The minimum absolute atomic E-state index is 0.0925. The molecule has 0 aliphatic rings. The van der Waals surface area contributed by atoms with Crippen molar-refractivity contribution in [3.63, 3.8) is 0 Å². The van der Waals surface area contributed by atoms with Gasteiger partial charge in [0.25, 0.3) is 10.0 Å². The number of H-pyrrole nitrogens is 1. The third-order valence-corrected chi connectivity index (χ3v) is 7.02. The fourth-order valence-corrected chi connectivity index (χ4v) is 4.86. The monoisotopic (exact) mass is 538 g/mol. The lowest BCUT2D eigenvalue weighted by atomic mass is 10.0. The van der Waals surface area contributed by atoms with Crippen molar-refractivity contribution in [2.75, 3.05) is 17.1 Å². The molecule has 9 nitrogen and oxygen atoms in total. The van der Waals surface area contributed by atoms with E-state index in [1.807, 2.05) is 4.72 Å². The number of hydrogen-bond donors (Lipinski definition) is 3. The lowest BCUT2D eigenvalue weighted by Crippen LogP contribution is -2.16. The Labute approximate surface area is 213 Å². The number of benzene rings is 2. The van der Waals surface area contributed by atoms with Gasteiger partial charge in [-0.25, -0.2) is 36.5 Å². The summed E-state index contributed by atoms with van der Waals surface area (Å²) in [6, 6.07) is 7.24. The summed E-state index contributed by atoms with van der Waals surface area (Å²) in [7, 11) is -2.77. The van der Waals surface area contributed by atoms with Crippen LogP contribution in [-0.2, 0) is 10.0 Å². The zero-order chi connectivity index (χ0) is 27.0. The van der Waals surface area contributed by atoms with E-state index >= 15 is 4.39 Å². The molecule has 13 heteroatoms. The van der Waals surface area contributed by atoms with Crippen LogP contribution in [0.15, 0.2) is 72.1 Å². The highest BCUT2D eigenvalue weighted by atomic mass is 32.2. The second kappa shape index (κ2) is 9.59. The number of nitrogens with zero attached hydrogens (tertiary/aromatic N) is 3. The second-order valence-electron chi connectivity index (χ2n) is 8.04. The number of anilines is 2. The van der Waals surface area contributed by atoms with Crippen molar-refractivity contribution < 1.29 is 26.4 Å². The van der Waals surface area contributed by atoms with Crippen LogP contribution in [0, 0.1) is 17.5 Å². The maximum Gasteiger partial charge on any atom is 0.262 e. The highest BCUT2D eigenvalue weighted by Gasteiger charge is 2.26. The van der Waals surface area contributed by atoms with E-state index in [9.17, 15) is 22.0 Å².